The number of rotatable bonds is 7. The average Bonchev–Trinajstić information content (AvgIpc) is 3.52. The minimum Gasteiger partial charge on any atom is -0.481 e. The fourth-order valence-electron chi connectivity index (χ4n) is 6.18. The second kappa shape index (κ2) is 9.36. The Morgan fingerprint density at radius 2 is 1.66 bits per heavy atom. The number of ether oxygens (including phenoxy) is 1. The number of nitrogens with zero attached hydrogens (tertiary/aromatic N) is 1. The fourth-order valence-corrected chi connectivity index (χ4v) is 6.18. The summed E-state index contributed by atoms with van der Waals surface area (Å²) in [4.78, 5) is 39.3. The number of hydrogen-bond acceptors (Lipinski definition) is 4. The third kappa shape index (κ3) is 4.28. The van der Waals surface area contributed by atoms with Gasteiger partial charge in [0, 0.05) is 30.5 Å². The van der Waals surface area contributed by atoms with E-state index >= 15 is 0 Å². The van der Waals surface area contributed by atoms with Gasteiger partial charge in [0.25, 0.3) is 0 Å². The predicted molar refractivity (Wildman–Crippen MR) is 131 cm³/mol. The van der Waals surface area contributed by atoms with Gasteiger partial charge in [0.15, 0.2) is 0 Å². The summed E-state index contributed by atoms with van der Waals surface area (Å²) in [5.74, 6) is -1.40. The summed E-state index contributed by atoms with van der Waals surface area (Å²) in [6, 6.07) is 15.7. The highest BCUT2D eigenvalue weighted by molar-refractivity contribution is 5.82. The molecule has 5 rings (SSSR count). The molecule has 0 spiro atoms. The van der Waals surface area contributed by atoms with E-state index in [1.54, 1.807) is 4.90 Å². The lowest BCUT2D eigenvalue weighted by atomic mass is 9.89. The quantitative estimate of drug-likeness (QED) is 0.617. The lowest BCUT2D eigenvalue weighted by Crippen LogP contribution is -2.45. The molecule has 2 aliphatic heterocycles. The SMILES string of the molecule is CC(C)C(CC(=O)N1[C@@H]2CC[C@H]1[C@@H](C(=O)O)C2)NC(=O)OCC1c2ccccc2-c2ccccc21. The van der Waals surface area contributed by atoms with Crippen LogP contribution < -0.4 is 5.32 Å². The molecule has 1 unspecified atom stereocenters. The number of nitrogens with one attached hydrogen (secondary N) is 1. The molecule has 1 aliphatic carbocycles. The first kappa shape index (κ1) is 23.4. The zero-order valence-electron chi connectivity index (χ0n) is 20.1. The highest BCUT2D eigenvalue weighted by Crippen LogP contribution is 2.45. The third-order valence-electron chi connectivity index (χ3n) is 7.99. The number of carboxylic acid groups (broad SMARTS) is 1. The van der Waals surface area contributed by atoms with Crippen LogP contribution in [0.4, 0.5) is 4.79 Å². The summed E-state index contributed by atoms with van der Waals surface area (Å²) in [5.41, 5.74) is 4.63. The molecule has 2 heterocycles. The predicted octanol–water partition coefficient (Wildman–Crippen LogP) is 4.40. The van der Waals surface area contributed by atoms with E-state index in [9.17, 15) is 19.5 Å². The number of amides is 2. The molecule has 2 N–H and O–H groups in total. The zero-order chi connectivity index (χ0) is 24.7. The Labute approximate surface area is 205 Å². The molecule has 0 saturated carbocycles. The molecule has 3 aliphatic rings. The van der Waals surface area contributed by atoms with Crippen LogP contribution in [-0.2, 0) is 14.3 Å². The van der Waals surface area contributed by atoms with Gasteiger partial charge in [0.1, 0.15) is 6.61 Å². The smallest absolute Gasteiger partial charge is 0.407 e. The normalized spacial score (nSPS) is 23.2. The Kier molecular flexibility index (Phi) is 6.26. The van der Waals surface area contributed by atoms with Crippen molar-refractivity contribution in [2.24, 2.45) is 11.8 Å². The third-order valence-corrected chi connectivity index (χ3v) is 7.99. The molecule has 0 radical (unpaired) electrons. The lowest BCUT2D eigenvalue weighted by Gasteiger charge is -2.28. The summed E-state index contributed by atoms with van der Waals surface area (Å²) in [7, 11) is 0. The van der Waals surface area contributed by atoms with E-state index in [0.717, 1.165) is 24.0 Å². The zero-order valence-corrected chi connectivity index (χ0v) is 20.1. The highest BCUT2D eigenvalue weighted by Gasteiger charge is 2.51. The minimum atomic E-state index is -0.827. The van der Waals surface area contributed by atoms with Crippen LogP contribution >= 0.6 is 0 Å². The molecule has 2 fully saturated rings. The van der Waals surface area contributed by atoms with E-state index in [1.807, 2.05) is 38.1 Å². The number of carboxylic acids is 1. The Morgan fingerprint density at radius 3 is 2.23 bits per heavy atom. The number of alkyl carbamates (subject to hydrolysis) is 1. The maximum Gasteiger partial charge on any atom is 0.407 e. The van der Waals surface area contributed by atoms with E-state index in [0.29, 0.717) is 6.42 Å². The molecule has 7 nitrogen and oxygen atoms in total. The molecule has 2 bridgehead atoms. The molecular formula is C28H32N2O5. The second-order valence-corrected chi connectivity index (χ2v) is 10.3. The summed E-state index contributed by atoms with van der Waals surface area (Å²) in [6.45, 7) is 4.13. The molecule has 2 amide bonds. The lowest BCUT2D eigenvalue weighted by molar-refractivity contribution is -0.143. The van der Waals surface area contributed by atoms with Crippen LogP contribution in [0.2, 0.25) is 0 Å². The molecule has 2 aromatic rings. The van der Waals surface area contributed by atoms with Gasteiger partial charge in [0.2, 0.25) is 5.91 Å². The van der Waals surface area contributed by atoms with E-state index in [4.69, 9.17) is 4.74 Å². The maximum atomic E-state index is 13.2. The van der Waals surface area contributed by atoms with E-state index in [2.05, 4.69) is 29.6 Å². The van der Waals surface area contributed by atoms with Gasteiger partial charge < -0.3 is 20.1 Å². The van der Waals surface area contributed by atoms with Gasteiger partial charge in [-0.25, -0.2) is 4.79 Å². The summed E-state index contributed by atoms with van der Waals surface area (Å²) in [6.07, 6.45) is 1.72. The van der Waals surface area contributed by atoms with Crippen LogP contribution in [0.3, 0.4) is 0 Å². The summed E-state index contributed by atoms with van der Waals surface area (Å²) >= 11 is 0. The van der Waals surface area contributed by atoms with Crippen molar-refractivity contribution < 1.29 is 24.2 Å². The Morgan fingerprint density at radius 1 is 1.03 bits per heavy atom. The molecule has 2 saturated heterocycles. The molecule has 4 atom stereocenters. The van der Waals surface area contributed by atoms with Gasteiger partial charge in [-0.05, 0) is 47.4 Å². The number of fused-ring (bicyclic) bond motifs is 5. The molecule has 2 aromatic carbocycles. The van der Waals surface area contributed by atoms with Crippen LogP contribution in [-0.4, -0.2) is 52.7 Å². The number of benzene rings is 2. The summed E-state index contributed by atoms with van der Waals surface area (Å²) in [5, 5.41) is 12.4. The molecule has 7 heteroatoms. The average molecular weight is 477 g/mol. The van der Waals surface area contributed by atoms with Crippen molar-refractivity contribution in [1.82, 2.24) is 10.2 Å². The van der Waals surface area contributed by atoms with Crippen LogP contribution in [0.15, 0.2) is 48.5 Å². The van der Waals surface area contributed by atoms with Gasteiger partial charge in [-0.2, -0.15) is 0 Å². The van der Waals surface area contributed by atoms with Gasteiger partial charge in [0.05, 0.1) is 5.92 Å². The number of carbonyl (C=O) groups is 3. The van der Waals surface area contributed by atoms with Crippen molar-refractivity contribution in [2.75, 3.05) is 6.61 Å². The fraction of sp³-hybridized carbons (Fsp3) is 0.464. The first-order chi connectivity index (χ1) is 16.8. The molecule has 0 aromatic heterocycles. The van der Waals surface area contributed by atoms with Crippen molar-refractivity contribution in [1.29, 1.82) is 0 Å². The van der Waals surface area contributed by atoms with Crippen molar-refractivity contribution in [3.05, 3.63) is 59.7 Å². The van der Waals surface area contributed by atoms with Crippen molar-refractivity contribution in [3.8, 4) is 11.1 Å². The van der Waals surface area contributed by atoms with Crippen LogP contribution in [0.1, 0.15) is 56.6 Å². The Balaban J connectivity index is 1.21. The van der Waals surface area contributed by atoms with Crippen molar-refractivity contribution in [2.45, 2.75) is 63.6 Å². The van der Waals surface area contributed by atoms with Crippen LogP contribution in [0.5, 0.6) is 0 Å². The standard InChI is InChI=1S/C28H32N2O5/c1-16(2)24(14-26(31)30-17-11-12-25(30)22(13-17)27(32)33)29-28(34)35-15-23-20-9-5-3-7-18(20)19-8-4-6-10-21(19)23/h3-10,16-17,22-25H,11-15H2,1-2H3,(H,29,34)(H,32,33)/t17-,22+,24?,25+/m1/s1. The van der Waals surface area contributed by atoms with Gasteiger partial charge in [-0.3, -0.25) is 9.59 Å². The highest BCUT2D eigenvalue weighted by atomic mass is 16.5. The Hall–Kier alpha value is -3.35. The number of aliphatic carboxylic acids is 1. The van der Waals surface area contributed by atoms with Gasteiger partial charge in [-0.1, -0.05) is 62.4 Å². The van der Waals surface area contributed by atoms with E-state index < -0.39 is 18.0 Å². The maximum absolute atomic E-state index is 13.2. The first-order valence-corrected chi connectivity index (χ1v) is 12.5. The van der Waals surface area contributed by atoms with Crippen LogP contribution in [0, 0.1) is 11.8 Å². The van der Waals surface area contributed by atoms with Crippen molar-refractivity contribution >= 4 is 18.0 Å². The second-order valence-electron chi connectivity index (χ2n) is 10.3. The van der Waals surface area contributed by atoms with E-state index in [1.165, 1.54) is 11.1 Å². The molecule has 184 valence electrons. The summed E-state index contributed by atoms with van der Waals surface area (Å²) < 4.78 is 5.68. The van der Waals surface area contributed by atoms with Gasteiger partial charge >= 0.3 is 12.1 Å². The van der Waals surface area contributed by atoms with Gasteiger partial charge in [-0.15, -0.1) is 0 Å². The van der Waals surface area contributed by atoms with Crippen LogP contribution in [0.25, 0.3) is 11.1 Å². The molecular weight excluding hydrogens is 444 g/mol. The first-order valence-electron chi connectivity index (χ1n) is 12.5. The van der Waals surface area contributed by atoms with Crippen molar-refractivity contribution in [3.63, 3.8) is 0 Å². The van der Waals surface area contributed by atoms with E-state index in [-0.39, 0.29) is 48.9 Å². The topological polar surface area (TPSA) is 95.9 Å². The molecule has 35 heavy (non-hydrogen) atoms. The monoisotopic (exact) mass is 476 g/mol. The number of hydrogen-bond donors (Lipinski definition) is 2. The minimum absolute atomic E-state index is 0.00383. The number of carbonyl (C=O) groups excluding carboxylic acids is 2. The largest absolute Gasteiger partial charge is 0.481 e. The Bertz CT molecular complexity index is 1100.